The van der Waals surface area contributed by atoms with Gasteiger partial charge < -0.3 is 10.5 Å². The van der Waals surface area contributed by atoms with Gasteiger partial charge >= 0.3 is 0 Å². The molecule has 1 heterocycles. The lowest BCUT2D eigenvalue weighted by Crippen LogP contribution is -2.10. The van der Waals surface area contributed by atoms with Gasteiger partial charge in [0.25, 0.3) is 0 Å². The normalized spacial score (nSPS) is 11.2. The lowest BCUT2D eigenvalue weighted by Gasteiger charge is -2.23. The fourth-order valence-corrected chi connectivity index (χ4v) is 3.41. The van der Waals surface area contributed by atoms with E-state index in [4.69, 9.17) is 10.1 Å². The number of nitrogens with zero attached hydrogens (tertiary/aromatic N) is 2. The number of pyridine rings is 1. The molecular weight excluding hydrogens is 518 g/mol. The third-order valence-electron chi connectivity index (χ3n) is 6.52. The summed E-state index contributed by atoms with van der Waals surface area (Å²) in [6, 6.07) is 12.4. The number of allylic oxidation sites excluding steroid dienone is 6. The quantitative estimate of drug-likeness (QED) is 0.360. The molecule has 2 N–H and O–H groups in total. The number of fused-ring (bicyclic) bond motifs is 1. The highest BCUT2D eigenvalue weighted by atomic mass is 16.1. The summed E-state index contributed by atoms with van der Waals surface area (Å²) >= 11 is 0. The van der Waals surface area contributed by atoms with E-state index >= 15 is 0 Å². The zero-order chi connectivity index (χ0) is 33.3. The SMILES string of the molecule is C/C=C(\C)c1ncccc1C#N.C=C(/C=C\C)C(C)(C)CC.C=C1CCc2ccc(CC)cc21.C=O.CC.CC(N)=O. The number of carbonyl (C=O) groups excluding carboxylic acids is 2. The van der Waals surface area contributed by atoms with Crippen LogP contribution in [0.1, 0.15) is 110 Å². The molecule has 5 nitrogen and oxygen atoms in total. The molecule has 230 valence electrons. The number of benzene rings is 1. The summed E-state index contributed by atoms with van der Waals surface area (Å²) in [6.45, 7) is 30.1. The first-order valence-corrected chi connectivity index (χ1v) is 14.5. The fourth-order valence-electron chi connectivity index (χ4n) is 3.41. The Morgan fingerprint density at radius 2 is 1.69 bits per heavy atom. The van der Waals surface area contributed by atoms with Crippen LogP contribution in [0, 0.1) is 16.7 Å². The second kappa shape index (κ2) is 24.7. The molecule has 1 aromatic heterocycles. The highest BCUT2D eigenvalue weighted by molar-refractivity contribution is 5.71. The highest BCUT2D eigenvalue weighted by Crippen LogP contribution is 2.31. The van der Waals surface area contributed by atoms with Crippen LogP contribution in [0.4, 0.5) is 0 Å². The molecular formula is C37H55N3O2. The van der Waals surface area contributed by atoms with E-state index in [1.165, 1.54) is 41.2 Å². The van der Waals surface area contributed by atoms with Gasteiger partial charge in [0, 0.05) is 13.1 Å². The Labute approximate surface area is 257 Å². The molecule has 0 atom stereocenters. The third kappa shape index (κ3) is 16.9. The maximum atomic E-state index is 9.22. The van der Waals surface area contributed by atoms with Gasteiger partial charge in [0.1, 0.15) is 12.9 Å². The molecule has 0 spiro atoms. The molecule has 0 saturated carbocycles. The van der Waals surface area contributed by atoms with Gasteiger partial charge in [0.15, 0.2) is 0 Å². The van der Waals surface area contributed by atoms with Crippen LogP contribution in [0.2, 0.25) is 0 Å². The van der Waals surface area contributed by atoms with E-state index in [9.17, 15) is 4.79 Å². The lowest BCUT2D eigenvalue weighted by molar-refractivity contribution is -0.116. The number of aryl methyl sites for hydroxylation is 2. The second-order valence-electron chi connectivity index (χ2n) is 9.80. The molecule has 0 saturated heterocycles. The van der Waals surface area contributed by atoms with Gasteiger partial charge in [-0.1, -0.05) is 91.1 Å². The molecule has 0 bridgehead atoms. The number of primary amides is 1. The van der Waals surface area contributed by atoms with Crippen LogP contribution in [0.15, 0.2) is 73.5 Å². The van der Waals surface area contributed by atoms with Crippen LogP contribution < -0.4 is 5.73 Å². The Balaban J connectivity index is -0.000000485. The van der Waals surface area contributed by atoms with E-state index in [1.54, 1.807) is 18.3 Å². The highest BCUT2D eigenvalue weighted by Gasteiger charge is 2.16. The Morgan fingerprint density at radius 1 is 1.12 bits per heavy atom. The number of hydrogen-bond acceptors (Lipinski definition) is 4. The van der Waals surface area contributed by atoms with Gasteiger partial charge in [-0.3, -0.25) is 9.78 Å². The second-order valence-corrected chi connectivity index (χ2v) is 9.80. The van der Waals surface area contributed by atoms with Gasteiger partial charge in [-0.05, 0) is 97.4 Å². The minimum atomic E-state index is -0.333. The minimum absolute atomic E-state index is 0.270. The topological polar surface area (TPSA) is 96.8 Å². The van der Waals surface area contributed by atoms with Gasteiger partial charge in [-0.15, -0.1) is 0 Å². The molecule has 2 aromatic rings. The van der Waals surface area contributed by atoms with Crippen molar-refractivity contribution in [3.05, 3.63) is 101 Å². The molecule has 3 rings (SSSR count). The Hall–Kier alpha value is -4.04. The molecule has 5 heteroatoms. The van der Waals surface area contributed by atoms with Crippen LogP contribution in [-0.4, -0.2) is 17.7 Å². The monoisotopic (exact) mass is 573 g/mol. The summed E-state index contributed by atoms with van der Waals surface area (Å²) in [6.07, 6.45) is 12.4. The maximum Gasteiger partial charge on any atom is 0.214 e. The molecule has 0 aliphatic heterocycles. The average Bonchev–Trinajstić information content (AvgIpc) is 3.38. The van der Waals surface area contributed by atoms with E-state index in [0.717, 1.165) is 30.5 Å². The van der Waals surface area contributed by atoms with Gasteiger partial charge in [0.05, 0.1) is 11.3 Å². The molecule has 42 heavy (non-hydrogen) atoms. The number of nitrogens with two attached hydrogens (primary N) is 1. The van der Waals surface area contributed by atoms with Crippen molar-refractivity contribution in [2.75, 3.05) is 0 Å². The number of rotatable bonds is 5. The predicted octanol–water partition coefficient (Wildman–Crippen LogP) is 9.47. The smallest absolute Gasteiger partial charge is 0.214 e. The molecule has 1 aliphatic carbocycles. The average molecular weight is 574 g/mol. The van der Waals surface area contributed by atoms with Gasteiger partial charge in [0.2, 0.25) is 5.91 Å². The van der Waals surface area contributed by atoms with E-state index in [1.807, 2.05) is 53.6 Å². The maximum absolute atomic E-state index is 9.22. The van der Waals surface area contributed by atoms with Crippen molar-refractivity contribution < 1.29 is 9.59 Å². The van der Waals surface area contributed by atoms with Crippen molar-refractivity contribution in [1.82, 2.24) is 4.98 Å². The van der Waals surface area contributed by atoms with Crippen molar-refractivity contribution in [3.8, 4) is 6.07 Å². The first-order chi connectivity index (χ1) is 19.9. The summed E-state index contributed by atoms with van der Waals surface area (Å²) in [4.78, 5) is 21.4. The number of amides is 1. The molecule has 0 radical (unpaired) electrons. The van der Waals surface area contributed by atoms with Crippen molar-refractivity contribution in [2.24, 2.45) is 11.1 Å². The van der Waals surface area contributed by atoms with Crippen molar-refractivity contribution in [2.45, 2.75) is 94.9 Å². The first kappa shape index (κ1) is 42.4. The molecule has 1 aromatic carbocycles. The molecule has 1 aliphatic rings. The van der Waals surface area contributed by atoms with E-state index in [-0.39, 0.29) is 11.3 Å². The Morgan fingerprint density at radius 3 is 2.14 bits per heavy atom. The fraction of sp³-hybridized carbons (Fsp3) is 0.405. The largest absolute Gasteiger partial charge is 0.370 e. The summed E-state index contributed by atoms with van der Waals surface area (Å²) in [5.74, 6) is -0.333. The van der Waals surface area contributed by atoms with Crippen molar-refractivity contribution >= 4 is 23.8 Å². The lowest BCUT2D eigenvalue weighted by atomic mass is 9.82. The van der Waals surface area contributed by atoms with Crippen molar-refractivity contribution in [3.63, 3.8) is 0 Å². The summed E-state index contributed by atoms with van der Waals surface area (Å²) in [5.41, 5.74) is 14.1. The van der Waals surface area contributed by atoms with Crippen LogP contribution in [-0.2, 0) is 22.4 Å². The number of nitriles is 1. The zero-order valence-electron chi connectivity index (χ0n) is 27.9. The summed E-state index contributed by atoms with van der Waals surface area (Å²) in [5, 5.41) is 8.75. The Kier molecular flexibility index (Phi) is 25.0. The van der Waals surface area contributed by atoms with Crippen molar-refractivity contribution in [1.29, 1.82) is 5.26 Å². The Bertz CT molecular complexity index is 1190. The van der Waals surface area contributed by atoms with Crippen LogP contribution in [0.25, 0.3) is 11.1 Å². The van der Waals surface area contributed by atoms with Gasteiger partial charge in [-0.25, -0.2) is 0 Å². The summed E-state index contributed by atoms with van der Waals surface area (Å²) in [7, 11) is 0. The van der Waals surface area contributed by atoms with Crippen LogP contribution in [0.3, 0.4) is 0 Å². The number of hydrogen-bond donors (Lipinski definition) is 1. The zero-order valence-corrected chi connectivity index (χ0v) is 27.9. The number of aromatic nitrogens is 1. The first-order valence-electron chi connectivity index (χ1n) is 14.5. The van der Waals surface area contributed by atoms with E-state index in [0.29, 0.717) is 5.56 Å². The molecule has 1 amide bonds. The third-order valence-corrected chi connectivity index (χ3v) is 6.52. The van der Waals surface area contributed by atoms with E-state index < -0.39 is 0 Å². The van der Waals surface area contributed by atoms with Gasteiger partial charge in [-0.2, -0.15) is 5.26 Å². The summed E-state index contributed by atoms with van der Waals surface area (Å²) < 4.78 is 0. The predicted molar refractivity (Wildman–Crippen MR) is 183 cm³/mol. The van der Waals surface area contributed by atoms with E-state index in [2.05, 4.69) is 81.9 Å². The minimum Gasteiger partial charge on any atom is -0.370 e. The van der Waals surface area contributed by atoms with Crippen LogP contribution in [0.5, 0.6) is 0 Å². The molecule has 0 fully saturated rings. The van der Waals surface area contributed by atoms with Crippen LogP contribution >= 0.6 is 0 Å². The standard InChI is InChI=1S/C12H14.C10H10N2.C10H18.C2H5NO.C2H6.CH2O/c1-3-10-5-7-11-6-4-9(2)12(11)8-10;1-3-8(2)10-9(7-11)5-4-6-12-10;1-6-8-9(3)10(4,5)7-2;1-2(3)4;2*1-2/h5,7-8H,2-4,6H2,1H3;3-6H,1-2H3;6,8H,3,7H2,1-2,4-5H3;1H3,(H2,3,4);1-2H3;1H2/b;8-3+;8-6-;;;. The number of carbonyl (C=O) groups is 2. The molecule has 0 unspecified atom stereocenters.